The number of hydrogen-bond donors (Lipinski definition) is 1. The highest BCUT2D eigenvalue weighted by molar-refractivity contribution is 6.07. The van der Waals surface area contributed by atoms with E-state index in [4.69, 9.17) is 0 Å². The molecule has 0 fully saturated rings. The molecule has 0 aliphatic heterocycles. The summed E-state index contributed by atoms with van der Waals surface area (Å²) in [5, 5.41) is 1.28. The standard InChI is InChI=1S/C27H19N/c1-3-9-18(10-4-1)27(19-11-5-2-6-12-19)26-16-20-15-23-21-13-7-8-14-22(21)24(23)17-25(20)28-26/h1-17,27-28H. The van der Waals surface area contributed by atoms with Gasteiger partial charge in [-0.15, -0.1) is 0 Å². The zero-order valence-corrected chi connectivity index (χ0v) is 15.4. The van der Waals surface area contributed by atoms with E-state index in [1.54, 1.807) is 0 Å². The molecule has 0 saturated heterocycles. The molecule has 28 heavy (non-hydrogen) atoms. The fourth-order valence-electron chi connectivity index (χ4n) is 4.54. The number of fused-ring (bicyclic) bond motifs is 5. The highest BCUT2D eigenvalue weighted by atomic mass is 14.7. The molecule has 1 aliphatic carbocycles. The molecule has 6 rings (SSSR count). The molecular formula is C27H19N. The van der Waals surface area contributed by atoms with Crippen molar-refractivity contribution in [3.05, 3.63) is 120 Å². The Kier molecular flexibility index (Phi) is 3.30. The Labute approximate surface area is 164 Å². The lowest BCUT2D eigenvalue weighted by Gasteiger charge is -2.23. The SMILES string of the molecule is c1ccc(C(c2ccccc2)c2cc3cc4c(cc3[nH]2)-c2ccccc2-4)cc1. The number of nitrogens with one attached hydrogen (secondary N) is 1. The second kappa shape index (κ2) is 5.97. The third kappa shape index (κ3) is 2.26. The zero-order valence-electron chi connectivity index (χ0n) is 15.4. The quantitative estimate of drug-likeness (QED) is 0.351. The molecule has 1 heterocycles. The smallest absolute Gasteiger partial charge is 0.0491 e. The molecule has 0 bridgehead atoms. The average molecular weight is 357 g/mol. The van der Waals surface area contributed by atoms with Crippen molar-refractivity contribution in [3.63, 3.8) is 0 Å². The largest absolute Gasteiger partial charge is 0.358 e. The first-order chi connectivity index (χ1) is 13.9. The number of H-pyrrole nitrogens is 1. The van der Waals surface area contributed by atoms with Crippen LogP contribution >= 0.6 is 0 Å². The summed E-state index contributed by atoms with van der Waals surface area (Å²) in [6.45, 7) is 0. The third-order valence-electron chi connectivity index (χ3n) is 5.86. The Morgan fingerprint density at radius 2 is 1.04 bits per heavy atom. The van der Waals surface area contributed by atoms with E-state index < -0.39 is 0 Å². The zero-order chi connectivity index (χ0) is 18.5. The second-order valence-corrected chi connectivity index (χ2v) is 7.51. The lowest BCUT2D eigenvalue weighted by atomic mass is 9.80. The minimum Gasteiger partial charge on any atom is -0.358 e. The van der Waals surface area contributed by atoms with E-state index in [0.29, 0.717) is 0 Å². The Bertz CT molecular complexity index is 1200. The van der Waals surface area contributed by atoms with Crippen LogP contribution in [0.3, 0.4) is 0 Å². The predicted molar refractivity (Wildman–Crippen MR) is 117 cm³/mol. The molecule has 5 aromatic rings. The van der Waals surface area contributed by atoms with Crippen LogP contribution in [0.1, 0.15) is 22.7 Å². The van der Waals surface area contributed by atoms with E-state index in [0.717, 1.165) is 0 Å². The molecule has 4 aromatic carbocycles. The number of aromatic nitrogens is 1. The van der Waals surface area contributed by atoms with Crippen molar-refractivity contribution in [2.45, 2.75) is 5.92 Å². The molecule has 0 amide bonds. The summed E-state index contributed by atoms with van der Waals surface area (Å²) in [7, 11) is 0. The van der Waals surface area contributed by atoms with Crippen LogP contribution in [-0.2, 0) is 0 Å². The third-order valence-corrected chi connectivity index (χ3v) is 5.86. The van der Waals surface area contributed by atoms with Crippen molar-refractivity contribution >= 4 is 10.9 Å². The summed E-state index contributed by atoms with van der Waals surface area (Å²) >= 11 is 0. The average Bonchev–Trinajstić information content (AvgIpc) is 3.16. The summed E-state index contributed by atoms with van der Waals surface area (Å²) in [5.74, 6) is 0.199. The van der Waals surface area contributed by atoms with E-state index >= 15 is 0 Å². The number of rotatable bonds is 3. The molecule has 0 radical (unpaired) electrons. The van der Waals surface area contributed by atoms with Gasteiger partial charge in [0.2, 0.25) is 0 Å². The summed E-state index contributed by atoms with van der Waals surface area (Å²) in [5.41, 5.74) is 10.5. The van der Waals surface area contributed by atoms with E-state index in [9.17, 15) is 0 Å². The highest BCUT2D eigenvalue weighted by Crippen LogP contribution is 2.48. The lowest BCUT2D eigenvalue weighted by molar-refractivity contribution is 0.939. The van der Waals surface area contributed by atoms with E-state index in [1.165, 1.54) is 50.0 Å². The number of hydrogen-bond acceptors (Lipinski definition) is 0. The molecule has 1 heteroatoms. The van der Waals surface area contributed by atoms with Gasteiger partial charge in [0.05, 0.1) is 0 Å². The fraction of sp³-hybridized carbons (Fsp3) is 0.0370. The van der Waals surface area contributed by atoms with Crippen LogP contribution in [0.2, 0.25) is 0 Å². The van der Waals surface area contributed by atoms with Crippen molar-refractivity contribution in [1.82, 2.24) is 4.98 Å². The predicted octanol–water partition coefficient (Wildman–Crippen LogP) is 7.00. The van der Waals surface area contributed by atoms with Gasteiger partial charge in [0.25, 0.3) is 0 Å². The maximum Gasteiger partial charge on any atom is 0.0491 e. The van der Waals surface area contributed by atoms with E-state index in [1.807, 2.05) is 0 Å². The molecule has 1 N–H and O–H groups in total. The van der Waals surface area contributed by atoms with Crippen LogP contribution in [0.5, 0.6) is 0 Å². The molecule has 132 valence electrons. The Hall–Kier alpha value is -3.58. The van der Waals surface area contributed by atoms with Crippen LogP contribution < -0.4 is 0 Å². The Balaban J connectivity index is 1.52. The molecule has 0 spiro atoms. The van der Waals surface area contributed by atoms with Crippen molar-refractivity contribution in [3.8, 4) is 22.3 Å². The van der Waals surface area contributed by atoms with Gasteiger partial charge in [0.1, 0.15) is 0 Å². The first-order valence-electron chi connectivity index (χ1n) is 9.75. The molecule has 1 aromatic heterocycles. The minimum absolute atomic E-state index is 0.199. The summed E-state index contributed by atoms with van der Waals surface area (Å²) in [4.78, 5) is 3.73. The van der Waals surface area contributed by atoms with Gasteiger partial charge in [-0.2, -0.15) is 0 Å². The fourth-order valence-corrected chi connectivity index (χ4v) is 4.54. The van der Waals surface area contributed by atoms with Crippen molar-refractivity contribution < 1.29 is 0 Å². The van der Waals surface area contributed by atoms with Crippen molar-refractivity contribution in [2.75, 3.05) is 0 Å². The minimum atomic E-state index is 0.199. The number of benzene rings is 4. The normalized spacial score (nSPS) is 11.9. The monoisotopic (exact) mass is 357 g/mol. The highest BCUT2D eigenvalue weighted by Gasteiger charge is 2.24. The summed E-state index contributed by atoms with van der Waals surface area (Å²) in [6, 6.07) is 37.1. The van der Waals surface area contributed by atoms with Gasteiger partial charge in [-0.1, -0.05) is 84.9 Å². The summed E-state index contributed by atoms with van der Waals surface area (Å²) in [6.07, 6.45) is 0. The maximum absolute atomic E-state index is 3.73. The van der Waals surface area contributed by atoms with Crippen LogP contribution in [-0.4, -0.2) is 4.98 Å². The van der Waals surface area contributed by atoms with Crippen LogP contribution in [0.4, 0.5) is 0 Å². The van der Waals surface area contributed by atoms with Gasteiger partial charge in [-0.05, 0) is 51.6 Å². The van der Waals surface area contributed by atoms with Gasteiger partial charge in [0, 0.05) is 22.5 Å². The van der Waals surface area contributed by atoms with Crippen LogP contribution in [0.25, 0.3) is 33.2 Å². The number of aromatic amines is 1. The first-order valence-corrected chi connectivity index (χ1v) is 9.75. The molecular weight excluding hydrogens is 338 g/mol. The maximum atomic E-state index is 3.73. The summed E-state index contributed by atoms with van der Waals surface area (Å²) < 4.78 is 0. The van der Waals surface area contributed by atoms with Crippen molar-refractivity contribution in [1.29, 1.82) is 0 Å². The molecule has 0 unspecified atom stereocenters. The second-order valence-electron chi connectivity index (χ2n) is 7.51. The van der Waals surface area contributed by atoms with Gasteiger partial charge in [-0.25, -0.2) is 0 Å². The van der Waals surface area contributed by atoms with E-state index in [2.05, 4.69) is 108 Å². The van der Waals surface area contributed by atoms with Gasteiger partial charge >= 0.3 is 0 Å². The van der Waals surface area contributed by atoms with E-state index in [-0.39, 0.29) is 5.92 Å². The van der Waals surface area contributed by atoms with Gasteiger partial charge in [0.15, 0.2) is 0 Å². The molecule has 0 atom stereocenters. The van der Waals surface area contributed by atoms with Gasteiger partial charge in [-0.3, -0.25) is 0 Å². The molecule has 1 nitrogen and oxygen atoms in total. The first kappa shape index (κ1) is 15.5. The van der Waals surface area contributed by atoms with Gasteiger partial charge < -0.3 is 4.98 Å². The Morgan fingerprint density at radius 3 is 1.64 bits per heavy atom. The lowest BCUT2D eigenvalue weighted by Crippen LogP contribution is -2.03. The molecule has 1 aliphatic rings. The topological polar surface area (TPSA) is 15.8 Å². The van der Waals surface area contributed by atoms with Crippen molar-refractivity contribution in [2.24, 2.45) is 0 Å². The Morgan fingerprint density at radius 1 is 0.500 bits per heavy atom. The molecule has 0 saturated carbocycles. The van der Waals surface area contributed by atoms with Crippen LogP contribution in [0, 0.1) is 0 Å². The van der Waals surface area contributed by atoms with Crippen LogP contribution in [0.15, 0.2) is 103 Å².